The second-order valence-corrected chi connectivity index (χ2v) is 4.04. The maximum Gasteiger partial charge on any atom is 0.338 e. The molecule has 0 aliphatic rings. The molecule has 0 saturated carbocycles. The van der Waals surface area contributed by atoms with E-state index in [9.17, 15) is 9.90 Å². The highest BCUT2D eigenvalue weighted by molar-refractivity contribution is 5.94. The molecule has 96 valence electrons. The van der Waals surface area contributed by atoms with Gasteiger partial charge in [0.15, 0.2) is 0 Å². The highest BCUT2D eigenvalue weighted by Crippen LogP contribution is 2.15. The topological polar surface area (TPSA) is 46.5 Å². The molecule has 2 rings (SSSR count). The smallest absolute Gasteiger partial charge is 0.338 e. The van der Waals surface area contributed by atoms with E-state index >= 15 is 0 Å². The number of benzene rings is 2. The van der Waals surface area contributed by atoms with Crippen LogP contribution in [-0.2, 0) is 4.74 Å². The second kappa shape index (κ2) is 5.40. The van der Waals surface area contributed by atoms with Crippen LogP contribution in [0.2, 0.25) is 0 Å². The average molecular weight is 254 g/mol. The Bertz CT molecular complexity index is 717. The fourth-order valence-electron chi connectivity index (χ4n) is 1.87. The standard InChI is InChI=1S/C16H14O3/c1-11-7-3-4-8-12(11)15(17)13-9-5-6-10-14(13)16(18)19-2/h3-10,17H,1H2,2H3/b15-12+. The van der Waals surface area contributed by atoms with E-state index in [0.717, 1.165) is 0 Å². The van der Waals surface area contributed by atoms with Crippen molar-refractivity contribution in [3.05, 3.63) is 70.1 Å². The summed E-state index contributed by atoms with van der Waals surface area (Å²) < 4.78 is 4.71. The van der Waals surface area contributed by atoms with Gasteiger partial charge in [0.25, 0.3) is 0 Å². The molecular formula is C16H14O3. The van der Waals surface area contributed by atoms with Gasteiger partial charge in [-0.1, -0.05) is 49.0 Å². The highest BCUT2D eigenvalue weighted by atomic mass is 16.5. The molecule has 3 heteroatoms. The van der Waals surface area contributed by atoms with Gasteiger partial charge in [0.05, 0.1) is 12.7 Å². The quantitative estimate of drug-likeness (QED) is 0.828. The Morgan fingerprint density at radius 1 is 1.05 bits per heavy atom. The van der Waals surface area contributed by atoms with E-state index in [1.54, 1.807) is 42.5 Å². The zero-order valence-electron chi connectivity index (χ0n) is 10.6. The molecule has 0 aromatic heterocycles. The van der Waals surface area contributed by atoms with Crippen molar-refractivity contribution in [1.29, 1.82) is 0 Å². The van der Waals surface area contributed by atoms with Crippen molar-refractivity contribution >= 4 is 18.3 Å². The zero-order chi connectivity index (χ0) is 13.8. The van der Waals surface area contributed by atoms with Gasteiger partial charge in [0, 0.05) is 10.8 Å². The van der Waals surface area contributed by atoms with Crippen LogP contribution in [0.3, 0.4) is 0 Å². The van der Waals surface area contributed by atoms with E-state index in [1.165, 1.54) is 7.11 Å². The molecule has 2 aromatic carbocycles. The van der Waals surface area contributed by atoms with Gasteiger partial charge in [0.1, 0.15) is 5.76 Å². The van der Waals surface area contributed by atoms with E-state index in [1.807, 2.05) is 6.07 Å². The number of carbonyl (C=O) groups is 1. The van der Waals surface area contributed by atoms with Gasteiger partial charge < -0.3 is 9.84 Å². The van der Waals surface area contributed by atoms with E-state index in [0.29, 0.717) is 21.6 Å². The summed E-state index contributed by atoms with van der Waals surface area (Å²) >= 11 is 0. The number of hydrogen-bond acceptors (Lipinski definition) is 3. The predicted octanol–water partition coefficient (Wildman–Crippen LogP) is 1.60. The summed E-state index contributed by atoms with van der Waals surface area (Å²) in [5.41, 5.74) is 0.760. The minimum atomic E-state index is -0.483. The lowest BCUT2D eigenvalue weighted by Crippen LogP contribution is -2.26. The number of aliphatic hydroxyl groups is 1. The summed E-state index contributed by atoms with van der Waals surface area (Å²) in [7, 11) is 1.31. The molecule has 0 atom stereocenters. The number of hydrogen-bond donors (Lipinski definition) is 1. The molecular weight excluding hydrogens is 240 g/mol. The van der Waals surface area contributed by atoms with Crippen LogP contribution in [0.15, 0.2) is 48.5 Å². The molecule has 3 nitrogen and oxygen atoms in total. The maximum atomic E-state index is 11.7. The number of methoxy groups -OCH3 is 1. The molecule has 0 fully saturated rings. The van der Waals surface area contributed by atoms with Gasteiger partial charge in [-0.3, -0.25) is 0 Å². The highest BCUT2D eigenvalue weighted by Gasteiger charge is 2.14. The largest absolute Gasteiger partial charge is 0.507 e. The summed E-state index contributed by atoms with van der Waals surface area (Å²) in [4.78, 5) is 11.7. The van der Waals surface area contributed by atoms with E-state index in [-0.39, 0.29) is 5.76 Å². The van der Waals surface area contributed by atoms with Gasteiger partial charge in [-0.15, -0.1) is 0 Å². The van der Waals surface area contributed by atoms with Gasteiger partial charge >= 0.3 is 5.97 Å². The fourth-order valence-corrected chi connectivity index (χ4v) is 1.87. The lowest BCUT2D eigenvalue weighted by molar-refractivity contribution is 0.0600. The summed E-state index contributed by atoms with van der Waals surface area (Å²) in [6.45, 7) is 3.86. The van der Waals surface area contributed by atoms with Gasteiger partial charge in [0.2, 0.25) is 0 Å². The number of carbonyl (C=O) groups excluding carboxylic acids is 1. The molecule has 0 heterocycles. The summed E-state index contributed by atoms with van der Waals surface area (Å²) in [6, 6.07) is 14.0. The van der Waals surface area contributed by atoms with Crippen LogP contribution in [0, 0.1) is 0 Å². The third-order valence-electron chi connectivity index (χ3n) is 2.86. The van der Waals surface area contributed by atoms with Crippen molar-refractivity contribution in [2.75, 3.05) is 7.11 Å². The van der Waals surface area contributed by atoms with Crippen molar-refractivity contribution in [1.82, 2.24) is 0 Å². The molecule has 0 radical (unpaired) electrons. The first-order chi connectivity index (χ1) is 9.15. The van der Waals surface area contributed by atoms with Gasteiger partial charge in [-0.05, 0) is 11.3 Å². The van der Waals surface area contributed by atoms with Gasteiger partial charge in [-0.2, -0.15) is 0 Å². The first kappa shape index (κ1) is 12.9. The van der Waals surface area contributed by atoms with Crippen LogP contribution < -0.4 is 10.4 Å². The second-order valence-electron chi connectivity index (χ2n) is 4.04. The summed E-state index contributed by atoms with van der Waals surface area (Å²) in [5, 5.41) is 11.7. The van der Waals surface area contributed by atoms with Crippen molar-refractivity contribution in [2.24, 2.45) is 0 Å². The molecule has 0 unspecified atom stereocenters. The minimum Gasteiger partial charge on any atom is -0.507 e. The minimum absolute atomic E-state index is 0.0200. The molecule has 2 aromatic rings. The Labute approximate surface area is 111 Å². The molecule has 0 aliphatic carbocycles. The number of esters is 1. The van der Waals surface area contributed by atoms with Crippen molar-refractivity contribution in [2.45, 2.75) is 0 Å². The molecule has 1 N–H and O–H groups in total. The number of rotatable bonds is 2. The lowest BCUT2D eigenvalue weighted by Gasteiger charge is -2.07. The van der Waals surface area contributed by atoms with E-state index in [4.69, 9.17) is 4.74 Å². The van der Waals surface area contributed by atoms with E-state index in [2.05, 4.69) is 6.58 Å². The van der Waals surface area contributed by atoms with E-state index < -0.39 is 5.97 Å². The van der Waals surface area contributed by atoms with Crippen molar-refractivity contribution in [3.63, 3.8) is 0 Å². The molecule has 0 saturated heterocycles. The van der Waals surface area contributed by atoms with Crippen LogP contribution in [0.1, 0.15) is 15.9 Å². The van der Waals surface area contributed by atoms with Gasteiger partial charge in [-0.25, -0.2) is 4.79 Å². The molecule has 0 bridgehead atoms. The molecule has 0 spiro atoms. The van der Waals surface area contributed by atoms with Crippen LogP contribution in [0.5, 0.6) is 0 Å². The lowest BCUT2D eigenvalue weighted by atomic mass is 10.0. The Morgan fingerprint density at radius 3 is 2.26 bits per heavy atom. The van der Waals surface area contributed by atoms with Crippen LogP contribution in [0.4, 0.5) is 0 Å². The molecule has 0 amide bonds. The Morgan fingerprint density at radius 2 is 1.63 bits per heavy atom. The summed E-state index contributed by atoms with van der Waals surface area (Å²) in [6.07, 6.45) is 0. The number of aliphatic hydroxyl groups excluding tert-OH is 1. The fraction of sp³-hybridized carbons (Fsp3) is 0.0625. The maximum absolute atomic E-state index is 11.7. The number of ether oxygens (including phenoxy) is 1. The third kappa shape index (κ3) is 2.50. The monoisotopic (exact) mass is 254 g/mol. The molecule has 19 heavy (non-hydrogen) atoms. The average Bonchev–Trinajstić information content (AvgIpc) is 2.46. The normalized spacial score (nSPS) is 11.8. The third-order valence-corrected chi connectivity index (χ3v) is 2.86. The van der Waals surface area contributed by atoms with Crippen LogP contribution in [0.25, 0.3) is 12.3 Å². The Hall–Kier alpha value is -2.55. The van der Waals surface area contributed by atoms with Crippen LogP contribution >= 0.6 is 0 Å². The zero-order valence-corrected chi connectivity index (χ0v) is 10.6. The van der Waals surface area contributed by atoms with Crippen LogP contribution in [-0.4, -0.2) is 18.2 Å². The van der Waals surface area contributed by atoms with Crippen molar-refractivity contribution in [3.8, 4) is 0 Å². The molecule has 0 aliphatic heterocycles. The first-order valence-electron chi connectivity index (χ1n) is 5.80. The Kier molecular flexibility index (Phi) is 3.66. The van der Waals surface area contributed by atoms with Crippen molar-refractivity contribution < 1.29 is 14.6 Å². The summed E-state index contributed by atoms with van der Waals surface area (Å²) in [5.74, 6) is -0.463. The Balaban J connectivity index is 2.74. The predicted molar refractivity (Wildman–Crippen MR) is 74.1 cm³/mol. The SMILES string of the molecule is C=c1cccc/c1=C(\O)c1ccccc1C(=O)OC. The first-order valence-corrected chi connectivity index (χ1v) is 5.80.